The van der Waals surface area contributed by atoms with Gasteiger partial charge in [-0.05, 0) is 55.8 Å². The van der Waals surface area contributed by atoms with Crippen LogP contribution in [0.4, 0.5) is 11.4 Å². The van der Waals surface area contributed by atoms with E-state index in [4.69, 9.17) is 16.2 Å². The van der Waals surface area contributed by atoms with Gasteiger partial charge in [0, 0.05) is 5.02 Å². The number of nitrogens with zero attached hydrogens (tertiary/aromatic N) is 4. The summed E-state index contributed by atoms with van der Waals surface area (Å²) in [6, 6.07) is 5.89. The number of hydrogen-bond donors (Lipinski definition) is 2. The molecule has 2 N–H and O–H groups in total. The van der Waals surface area contributed by atoms with Crippen LogP contribution in [0.5, 0.6) is 0 Å². The van der Waals surface area contributed by atoms with Crippen molar-refractivity contribution >= 4 is 54.8 Å². The number of hydrazone groups is 1. The summed E-state index contributed by atoms with van der Waals surface area (Å²) in [6.07, 6.45) is 0. The van der Waals surface area contributed by atoms with Crippen molar-refractivity contribution < 1.29 is 30.7 Å². The summed E-state index contributed by atoms with van der Waals surface area (Å²) in [4.78, 5) is 11.8. The van der Waals surface area contributed by atoms with Gasteiger partial charge in [0.1, 0.15) is 10.6 Å². The third-order valence-corrected chi connectivity index (χ3v) is 6.43. The lowest BCUT2D eigenvalue weighted by Gasteiger charge is -2.12. The first-order chi connectivity index (χ1) is 14.3. The van der Waals surface area contributed by atoms with E-state index in [0.717, 1.165) is 23.2 Å². The van der Waals surface area contributed by atoms with Gasteiger partial charge in [0.25, 0.3) is 26.1 Å². The van der Waals surface area contributed by atoms with Gasteiger partial charge >= 0.3 is 0 Å². The van der Waals surface area contributed by atoms with Crippen molar-refractivity contribution in [2.75, 3.05) is 5.01 Å². The van der Waals surface area contributed by atoms with E-state index in [0.29, 0.717) is 5.56 Å². The van der Waals surface area contributed by atoms with Gasteiger partial charge in [0.05, 0.1) is 16.3 Å². The number of aryl methyl sites for hydroxylation is 1. The normalized spacial score (nSPS) is 17.5. The molecule has 2 aromatic carbocycles. The fourth-order valence-electron chi connectivity index (χ4n) is 2.68. The third kappa shape index (κ3) is 4.80. The molecule has 0 fully saturated rings. The Bertz CT molecular complexity index is 1340. The van der Waals surface area contributed by atoms with Crippen LogP contribution in [0.2, 0.25) is 5.02 Å². The summed E-state index contributed by atoms with van der Waals surface area (Å²) in [5.74, 6) is -0.632. The van der Waals surface area contributed by atoms with E-state index >= 15 is 0 Å². The highest BCUT2D eigenvalue weighted by atomic mass is 35.5. The molecule has 1 aliphatic rings. The van der Waals surface area contributed by atoms with Crippen LogP contribution in [-0.4, -0.2) is 43.6 Å². The van der Waals surface area contributed by atoms with Crippen LogP contribution in [0.25, 0.3) is 0 Å². The van der Waals surface area contributed by atoms with E-state index in [2.05, 4.69) is 15.3 Å². The highest BCUT2D eigenvalue weighted by Crippen LogP contribution is 2.32. The monoisotopic (exact) mass is 486 g/mol. The molecule has 31 heavy (non-hydrogen) atoms. The van der Waals surface area contributed by atoms with E-state index in [1.165, 1.54) is 25.1 Å². The molecule has 0 radical (unpaired) electrons. The molecule has 1 unspecified atom stereocenters. The maximum absolute atomic E-state index is 12.7. The zero-order valence-electron chi connectivity index (χ0n) is 16.0. The molecular weight excluding hydrogens is 472 g/mol. The summed E-state index contributed by atoms with van der Waals surface area (Å²) in [6.45, 7) is 3.04. The number of carbonyl (C=O) groups excluding carboxylic acids is 1. The molecule has 0 aromatic heterocycles. The molecule has 14 heteroatoms. The first-order valence-corrected chi connectivity index (χ1v) is 11.7. The molecular formula is C17H15ClN4O7S2. The van der Waals surface area contributed by atoms with Crippen molar-refractivity contribution in [3.8, 4) is 0 Å². The number of anilines is 1. The summed E-state index contributed by atoms with van der Waals surface area (Å²) in [5, 5.41) is 12.9. The first kappa shape index (κ1) is 23.0. The fourth-order valence-corrected chi connectivity index (χ4v) is 4.01. The van der Waals surface area contributed by atoms with Gasteiger partial charge < -0.3 is 0 Å². The van der Waals surface area contributed by atoms with Crippen LogP contribution in [-0.2, 0) is 25.0 Å². The summed E-state index contributed by atoms with van der Waals surface area (Å²) in [7, 11) is -9.02. The Morgan fingerprint density at radius 1 is 1.03 bits per heavy atom. The third-order valence-electron chi connectivity index (χ3n) is 4.27. The Kier molecular flexibility index (Phi) is 5.99. The Balaban J connectivity index is 1.92. The standard InChI is InChI=1S/C17H15ClN4O7S2/c1-9-7-15(31(27,28)29)14(8-13(9)18)19-20-16-10(2)21-22(17(16)23)11-3-5-12(6-4-11)30(24,25)26/h3-8,16H,1-2H3,(H,24,25,26)(H,27,28,29). The molecule has 0 spiro atoms. The van der Waals surface area contributed by atoms with Gasteiger partial charge in [-0.3, -0.25) is 13.9 Å². The highest BCUT2D eigenvalue weighted by molar-refractivity contribution is 7.86. The predicted octanol–water partition coefficient (Wildman–Crippen LogP) is 3.02. The minimum Gasteiger partial charge on any atom is -0.282 e. The zero-order valence-corrected chi connectivity index (χ0v) is 18.3. The first-order valence-electron chi connectivity index (χ1n) is 8.44. The Morgan fingerprint density at radius 2 is 1.65 bits per heavy atom. The van der Waals surface area contributed by atoms with Gasteiger partial charge in [-0.15, -0.1) is 0 Å². The number of rotatable bonds is 5. The minimum atomic E-state index is -4.62. The van der Waals surface area contributed by atoms with E-state index in [1.54, 1.807) is 6.92 Å². The van der Waals surface area contributed by atoms with Crippen molar-refractivity contribution in [2.24, 2.45) is 15.3 Å². The number of amides is 1. The molecule has 3 rings (SSSR count). The second-order valence-electron chi connectivity index (χ2n) is 6.52. The summed E-state index contributed by atoms with van der Waals surface area (Å²) in [5.41, 5.74) is 0.586. The molecule has 1 atom stereocenters. The maximum atomic E-state index is 12.7. The quantitative estimate of drug-likeness (QED) is 0.483. The number of carbonyl (C=O) groups is 1. The topological polar surface area (TPSA) is 166 Å². The molecule has 1 amide bonds. The molecule has 0 saturated carbocycles. The lowest BCUT2D eigenvalue weighted by Crippen LogP contribution is -2.29. The molecule has 11 nitrogen and oxygen atoms in total. The van der Waals surface area contributed by atoms with E-state index in [9.17, 15) is 26.2 Å². The molecule has 2 aromatic rings. The van der Waals surface area contributed by atoms with Gasteiger partial charge in [0.15, 0.2) is 6.04 Å². The molecule has 1 aliphatic heterocycles. The molecule has 1 heterocycles. The van der Waals surface area contributed by atoms with Crippen molar-refractivity contribution in [1.29, 1.82) is 0 Å². The Labute approximate surface area is 182 Å². The van der Waals surface area contributed by atoms with Gasteiger partial charge in [-0.1, -0.05) is 11.6 Å². The lowest BCUT2D eigenvalue weighted by atomic mass is 10.2. The Hall–Kier alpha value is -2.71. The number of halogens is 1. The van der Waals surface area contributed by atoms with Gasteiger partial charge in [-0.25, -0.2) is 0 Å². The van der Waals surface area contributed by atoms with Crippen LogP contribution in [0, 0.1) is 6.92 Å². The Morgan fingerprint density at radius 3 is 2.19 bits per heavy atom. The molecule has 0 saturated heterocycles. The van der Waals surface area contributed by atoms with Crippen molar-refractivity contribution in [3.05, 3.63) is 47.0 Å². The highest BCUT2D eigenvalue weighted by Gasteiger charge is 2.35. The largest absolute Gasteiger partial charge is 0.296 e. The summed E-state index contributed by atoms with van der Waals surface area (Å²) < 4.78 is 64.0. The van der Waals surface area contributed by atoms with Crippen LogP contribution < -0.4 is 5.01 Å². The number of azo groups is 1. The molecule has 0 aliphatic carbocycles. The van der Waals surface area contributed by atoms with Gasteiger partial charge in [-0.2, -0.15) is 37.2 Å². The second kappa shape index (κ2) is 8.09. The molecule has 164 valence electrons. The van der Waals surface area contributed by atoms with E-state index in [1.807, 2.05) is 0 Å². The minimum absolute atomic E-state index is 0.185. The average molecular weight is 487 g/mol. The van der Waals surface area contributed by atoms with Crippen LogP contribution in [0.15, 0.2) is 61.5 Å². The van der Waals surface area contributed by atoms with E-state index in [-0.39, 0.29) is 27.0 Å². The predicted molar refractivity (Wildman–Crippen MR) is 111 cm³/mol. The van der Waals surface area contributed by atoms with Gasteiger partial charge in [0.2, 0.25) is 0 Å². The second-order valence-corrected chi connectivity index (χ2v) is 9.74. The summed E-state index contributed by atoms with van der Waals surface area (Å²) >= 11 is 6.00. The van der Waals surface area contributed by atoms with Crippen molar-refractivity contribution in [2.45, 2.75) is 29.7 Å². The lowest BCUT2D eigenvalue weighted by molar-refractivity contribution is -0.117. The van der Waals surface area contributed by atoms with Crippen LogP contribution in [0.3, 0.4) is 0 Å². The van der Waals surface area contributed by atoms with Crippen molar-refractivity contribution in [3.63, 3.8) is 0 Å². The fraction of sp³-hybridized carbons (Fsp3) is 0.176. The number of benzene rings is 2. The van der Waals surface area contributed by atoms with E-state index < -0.39 is 37.1 Å². The smallest absolute Gasteiger partial charge is 0.282 e. The van der Waals surface area contributed by atoms with Crippen LogP contribution in [0.1, 0.15) is 12.5 Å². The molecule has 0 bridgehead atoms. The van der Waals surface area contributed by atoms with Crippen molar-refractivity contribution in [1.82, 2.24) is 0 Å². The zero-order chi connectivity index (χ0) is 23.1. The number of hydrogen-bond acceptors (Lipinski definition) is 8. The maximum Gasteiger partial charge on any atom is 0.296 e. The SMILES string of the molecule is CC1=NN(c2ccc(S(=O)(=O)O)cc2)C(=O)C1N=Nc1cc(Cl)c(C)cc1S(=O)(=O)O. The average Bonchev–Trinajstić information content (AvgIpc) is 2.95. The van der Waals surface area contributed by atoms with Crippen LogP contribution >= 0.6 is 11.6 Å².